The Labute approximate surface area is 226 Å². The number of anilines is 1. The molecule has 5 rings (SSSR count). The highest BCUT2D eigenvalue weighted by Crippen LogP contribution is 2.39. The molecule has 1 N–H and O–H groups in total. The van der Waals surface area contributed by atoms with Gasteiger partial charge in [0.15, 0.2) is 5.78 Å². The number of benzene rings is 4. The number of ketones is 2. The number of halogens is 3. The number of carbonyl (C=O) groups excluding carboxylic acids is 4. The van der Waals surface area contributed by atoms with Crippen molar-refractivity contribution in [1.82, 2.24) is 0 Å². The Hall–Kier alpha value is -3.71. The monoisotopic (exact) mass is 551 g/mol. The van der Waals surface area contributed by atoms with Crippen molar-refractivity contribution in [2.75, 3.05) is 5.32 Å². The van der Waals surface area contributed by atoms with E-state index in [1.807, 2.05) is 24.3 Å². The minimum atomic E-state index is -1.64. The molecule has 6 nitrogen and oxygen atoms in total. The lowest BCUT2D eigenvalue weighted by Crippen LogP contribution is -2.38. The van der Waals surface area contributed by atoms with Crippen LogP contribution in [-0.2, 0) is 14.3 Å². The van der Waals surface area contributed by atoms with Gasteiger partial charge in [-0.25, -0.2) is 4.79 Å². The zero-order valence-electron chi connectivity index (χ0n) is 18.8. The third-order valence-corrected chi connectivity index (χ3v) is 7.14. The summed E-state index contributed by atoms with van der Waals surface area (Å²) < 4.78 is 5.48. The maximum Gasteiger partial charge on any atom is 0.339 e. The highest BCUT2D eigenvalue weighted by Gasteiger charge is 2.46. The molecule has 1 aliphatic rings. The molecule has 0 bridgehead atoms. The Balaban J connectivity index is 1.55. The molecular formula is C28H16Cl3NO5. The number of Topliss-reactive ketones (excluding diaryl/α,β-unsaturated/α-hetero) is 2. The van der Waals surface area contributed by atoms with Gasteiger partial charge < -0.3 is 10.1 Å². The number of fused-ring (bicyclic) bond motifs is 2. The molecule has 4 aromatic carbocycles. The van der Waals surface area contributed by atoms with E-state index in [1.165, 1.54) is 18.2 Å². The third-order valence-electron chi connectivity index (χ3n) is 6.10. The topological polar surface area (TPSA) is 89.5 Å². The zero-order chi connectivity index (χ0) is 26.3. The van der Waals surface area contributed by atoms with Crippen molar-refractivity contribution in [3.8, 4) is 0 Å². The van der Waals surface area contributed by atoms with Gasteiger partial charge in [-0.1, -0.05) is 89.4 Å². The molecule has 0 radical (unpaired) electrons. The van der Waals surface area contributed by atoms with E-state index in [4.69, 9.17) is 39.5 Å². The summed E-state index contributed by atoms with van der Waals surface area (Å²) >= 11 is 18.1. The lowest BCUT2D eigenvalue weighted by atomic mass is 9.84. The normalized spacial score (nSPS) is 15.1. The summed E-state index contributed by atoms with van der Waals surface area (Å²) in [5, 5.41) is 4.38. The number of carbonyl (C=O) groups is 4. The number of nitrogens with one attached hydrogen (secondary N) is 1. The number of hydrogen-bond acceptors (Lipinski definition) is 5. The molecule has 184 valence electrons. The molecule has 1 heterocycles. The van der Waals surface area contributed by atoms with Gasteiger partial charge in [0.1, 0.15) is 12.0 Å². The molecule has 1 aliphatic heterocycles. The molecule has 0 saturated carbocycles. The van der Waals surface area contributed by atoms with Crippen LogP contribution < -0.4 is 5.32 Å². The molecule has 9 heteroatoms. The summed E-state index contributed by atoms with van der Waals surface area (Å²) in [5.74, 6) is -5.22. The van der Waals surface area contributed by atoms with E-state index >= 15 is 0 Å². The Kier molecular flexibility index (Phi) is 6.73. The molecule has 0 aromatic heterocycles. The number of amides is 1. The van der Waals surface area contributed by atoms with Crippen molar-refractivity contribution in [1.29, 1.82) is 0 Å². The molecule has 0 unspecified atom stereocenters. The van der Waals surface area contributed by atoms with Crippen LogP contribution >= 0.6 is 34.8 Å². The predicted octanol–water partition coefficient (Wildman–Crippen LogP) is 6.72. The number of esters is 1. The second kappa shape index (κ2) is 9.98. The van der Waals surface area contributed by atoms with Crippen LogP contribution in [0.3, 0.4) is 0 Å². The fourth-order valence-corrected chi connectivity index (χ4v) is 4.87. The van der Waals surface area contributed by atoms with Crippen LogP contribution in [0.15, 0.2) is 78.9 Å². The van der Waals surface area contributed by atoms with E-state index in [2.05, 4.69) is 5.32 Å². The van der Waals surface area contributed by atoms with E-state index in [0.717, 1.165) is 10.8 Å². The lowest BCUT2D eigenvalue weighted by molar-refractivity contribution is -0.138. The second-order valence-electron chi connectivity index (χ2n) is 8.38. The van der Waals surface area contributed by atoms with Crippen LogP contribution in [0.25, 0.3) is 10.8 Å². The van der Waals surface area contributed by atoms with Gasteiger partial charge in [-0.15, -0.1) is 0 Å². The van der Waals surface area contributed by atoms with Gasteiger partial charge in [0.2, 0.25) is 5.78 Å². The fourth-order valence-electron chi connectivity index (χ4n) is 4.28. The highest BCUT2D eigenvalue weighted by molar-refractivity contribution is 6.47. The Morgan fingerprint density at radius 3 is 2.24 bits per heavy atom. The van der Waals surface area contributed by atoms with Crippen LogP contribution in [0, 0.1) is 5.92 Å². The van der Waals surface area contributed by atoms with Crippen molar-refractivity contribution < 1.29 is 23.9 Å². The van der Waals surface area contributed by atoms with Gasteiger partial charge in [0, 0.05) is 11.1 Å². The maximum absolute atomic E-state index is 13.8. The van der Waals surface area contributed by atoms with Crippen molar-refractivity contribution in [3.05, 3.63) is 111 Å². The van der Waals surface area contributed by atoms with E-state index in [1.54, 1.807) is 36.4 Å². The summed E-state index contributed by atoms with van der Waals surface area (Å²) in [6.45, 7) is 0. The lowest BCUT2D eigenvalue weighted by Gasteiger charge is -2.21. The van der Waals surface area contributed by atoms with Gasteiger partial charge in [-0.05, 0) is 35.0 Å². The standard InChI is InChI=1S/C28H16Cl3NO5/c29-19-12-21(31)22(13-20(19)30)32-27(35)25(34)23(26-17-7-3-4-8-18(17)28(36)37-26)24(33)16-10-9-14-5-1-2-6-15(14)11-16/h1-13,23,26H,(H,32,35)/t23-,26-/m1/s1. The van der Waals surface area contributed by atoms with Gasteiger partial charge in [-0.2, -0.15) is 0 Å². The first kappa shape index (κ1) is 25.0. The minimum absolute atomic E-state index is 0.0372. The van der Waals surface area contributed by atoms with Crippen LogP contribution in [0.5, 0.6) is 0 Å². The fraction of sp³-hybridized carbons (Fsp3) is 0.0714. The SMILES string of the molecule is O=C(Nc1cc(Cl)c(Cl)cc1Cl)C(=O)[C@@H](C(=O)c1ccc2ccccc2c1)[C@@H]1OC(=O)c2ccccc21. The predicted molar refractivity (Wildman–Crippen MR) is 141 cm³/mol. The summed E-state index contributed by atoms with van der Waals surface area (Å²) in [6.07, 6.45) is -1.29. The average Bonchev–Trinajstić information content (AvgIpc) is 3.23. The summed E-state index contributed by atoms with van der Waals surface area (Å²) in [5.41, 5.74) is 0.804. The van der Waals surface area contributed by atoms with Crippen molar-refractivity contribution in [3.63, 3.8) is 0 Å². The van der Waals surface area contributed by atoms with Crippen molar-refractivity contribution in [2.24, 2.45) is 5.92 Å². The third kappa shape index (κ3) is 4.71. The second-order valence-corrected chi connectivity index (χ2v) is 9.60. The van der Waals surface area contributed by atoms with Gasteiger partial charge >= 0.3 is 5.97 Å². The number of cyclic esters (lactones) is 1. The molecule has 37 heavy (non-hydrogen) atoms. The van der Waals surface area contributed by atoms with Crippen LogP contribution in [-0.4, -0.2) is 23.4 Å². The quantitative estimate of drug-likeness (QED) is 0.0943. The summed E-state index contributed by atoms with van der Waals surface area (Å²) in [7, 11) is 0. The van der Waals surface area contributed by atoms with Crippen molar-refractivity contribution >= 4 is 74.7 Å². The van der Waals surface area contributed by atoms with Crippen LogP contribution in [0.1, 0.15) is 32.4 Å². The van der Waals surface area contributed by atoms with Gasteiger partial charge in [0.25, 0.3) is 5.91 Å². The molecule has 0 spiro atoms. The molecule has 2 atom stereocenters. The van der Waals surface area contributed by atoms with E-state index in [0.29, 0.717) is 5.56 Å². The highest BCUT2D eigenvalue weighted by atomic mass is 35.5. The first-order valence-corrected chi connectivity index (χ1v) is 12.2. The Bertz CT molecular complexity index is 1620. The molecule has 0 saturated heterocycles. The minimum Gasteiger partial charge on any atom is -0.453 e. The summed E-state index contributed by atoms with van der Waals surface area (Å²) in [6, 6.07) is 21.4. The van der Waals surface area contributed by atoms with E-state index < -0.39 is 35.5 Å². The molecule has 4 aromatic rings. The Morgan fingerprint density at radius 2 is 1.46 bits per heavy atom. The largest absolute Gasteiger partial charge is 0.453 e. The molecule has 1 amide bonds. The van der Waals surface area contributed by atoms with Gasteiger partial charge in [-0.3, -0.25) is 14.4 Å². The molecular weight excluding hydrogens is 537 g/mol. The smallest absolute Gasteiger partial charge is 0.339 e. The number of hydrogen-bond donors (Lipinski definition) is 1. The van der Waals surface area contributed by atoms with E-state index in [9.17, 15) is 19.2 Å². The molecule has 0 fully saturated rings. The zero-order valence-corrected chi connectivity index (χ0v) is 21.1. The van der Waals surface area contributed by atoms with Gasteiger partial charge in [0.05, 0.1) is 26.3 Å². The maximum atomic E-state index is 13.8. The first-order valence-electron chi connectivity index (χ1n) is 11.1. The molecule has 0 aliphatic carbocycles. The first-order chi connectivity index (χ1) is 17.7. The summed E-state index contributed by atoms with van der Waals surface area (Å²) in [4.78, 5) is 53.0. The number of ether oxygens (including phenoxy) is 1. The van der Waals surface area contributed by atoms with Crippen LogP contribution in [0.2, 0.25) is 15.1 Å². The van der Waals surface area contributed by atoms with Crippen LogP contribution in [0.4, 0.5) is 5.69 Å². The average molecular weight is 553 g/mol. The van der Waals surface area contributed by atoms with Crippen molar-refractivity contribution in [2.45, 2.75) is 6.10 Å². The van der Waals surface area contributed by atoms with E-state index in [-0.39, 0.29) is 31.9 Å². The number of rotatable bonds is 6. The Morgan fingerprint density at radius 1 is 0.784 bits per heavy atom.